The molecule has 6 aromatic rings. The lowest BCUT2D eigenvalue weighted by molar-refractivity contribution is 0.0514. The van der Waals surface area contributed by atoms with Gasteiger partial charge in [-0.2, -0.15) is 8.78 Å². The van der Waals surface area contributed by atoms with Crippen molar-refractivity contribution in [1.29, 1.82) is 0 Å². The second kappa shape index (κ2) is 26.6. The van der Waals surface area contributed by atoms with Crippen LogP contribution in [0.15, 0.2) is 94.8 Å². The number of carbonyl (C=O) groups is 4. The molecule has 2 amide bonds. The summed E-state index contributed by atoms with van der Waals surface area (Å²) in [6.45, 7) is 9.32. The first-order valence-corrected chi connectivity index (χ1v) is 27.3. The van der Waals surface area contributed by atoms with Gasteiger partial charge in [0.05, 0.1) is 41.6 Å². The zero-order valence-electron chi connectivity index (χ0n) is 45.5. The van der Waals surface area contributed by atoms with Gasteiger partial charge in [0.15, 0.2) is 23.1 Å². The van der Waals surface area contributed by atoms with Crippen molar-refractivity contribution in [2.24, 2.45) is 11.8 Å². The van der Waals surface area contributed by atoms with Crippen molar-refractivity contribution in [3.63, 3.8) is 0 Å². The Bertz CT molecular complexity index is 3370. The zero-order chi connectivity index (χ0) is 58.1. The molecule has 4 aromatic carbocycles. The molecule has 2 saturated carbocycles. The number of amides is 2. The third-order valence-corrected chi connectivity index (χ3v) is 14.5. The number of carbonyl (C=O) groups excluding carboxylic acids is 4. The summed E-state index contributed by atoms with van der Waals surface area (Å²) in [6.07, 6.45) is 7.59. The van der Waals surface area contributed by atoms with Crippen molar-refractivity contribution in [1.82, 2.24) is 18.9 Å². The van der Waals surface area contributed by atoms with Crippen molar-refractivity contribution in [3.05, 3.63) is 151 Å². The van der Waals surface area contributed by atoms with Crippen LogP contribution in [0, 0.1) is 35.1 Å². The van der Waals surface area contributed by atoms with Crippen LogP contribution < -0.4 is 15.6 Å². The van der Waals surface area contributed by atoms with Gasteiger partial charge in [-0.25, -0.2) is 28.0 Å². The van der Waals surface area contributed by atoms with Crippen molar-refractivity contribution >= 4 is 45.9 Å². The first-order chi connectivity index (χ1) is 38.9. The second-order valence-electron chi connectivity index (χ2n) is 20.8. The number of ether oxygens (including phenoxy) is 5. The third kappa shape index (κ3) is 14.0. The number of hydrogen-bond donors (Lipinski definition) is 2. The van der Waals surface area contributed by atoms with Gasteiger partial charge in [-0.3, -0.25) is 9.59 Å². The molecule has 2 saturated heterocycles. The van der Waals surface area contributed by atoms with Gasteiger partial charge in [0.25, 0.3) is 0 Å². The van der Waals surface area contributed by atoms with Crippen molar-refractivity contribution in [3.8, 4) is 11.5 Å². The van der Waals surface area contributed by atoms with Crippen LogP contribution in [0.4, 0.5) is 27.2 Å². The van der Waals surface area contributed by atoms with Crippen LogP contribution in [-0.2, 0) is 32.2 Å². The number of phenols is 1. The quantitative estimate of drug-likeness (QED) is 0.0526. The maximum absolute atomic E-state index is 15.1. The molecule has 4 atom stereocenters. The van der Waals surface area contributed by atoms with Gasteiger partial charge < -0.3 is 52.8 Å². The first-order valence-electron chi connectivity index (χ1n) is 27.3. The molecule has 2 N–H and O–H groups in total. The molecule has 2 aromatic heterocycles. The monoisotopic (exact) mass is 1130 g/mol. The summed E-state index contributed by atoms with van der Waals surface area (Å²) in [5.74, 6) is -7.43. The predicted molar refractivity (Wildman–Crippen MR) is 290 cm³/mol. The molecule has 0 bridgehead atoms. The molecular formula is C60H66F4N4O13. The van der Waals surface area contributed by atoms with Gasteiger partial charge in [-0.1, -0.05) is 74.5 Å². The molecule has 0 spiro atoms. The van der Waals surface area contributed by atoms with Crippen LogP contribution in [0.3, 0.4) is 0 Å². The molecule has 2 aliphatic carbocycles. The van der Waals surface area contributed by atoms with Crippen molar-refractivity contribution in [2.75, 3.05) is 39.5 Å². The highest BCUT2D eigenvalue weighted by atomic mass is 19.2. The molecule has 21 heteroatoms. The van der Waals surface area contributed by atoms with Gasteiger partial charge in [0, 0.05) is 62.7 Å². The summed E-state index contributed by atoms with van der Waals surface area (Å²) in [4.78, 5) is 78.1. The number of aliphatic hydroxyl groups excluding tert-OH is 1. The summed E-state index contributed by atoms with van der Waals surface area (Å²) in [5.41, 5.74) is -0.149. The number of benzene rings is 4. The number of rotatable bonds is 16. The van der Waals surface area contributed by atoms with E-state index in [1.54, 1.807) is 28.2 Å². The van der Waals surface area contributed by atoms with Gasteiger partial charge in [-0.05, 0) is 93.9 Å². The molecule has 2 aliphatic heterocycles. The van der Waals surface area contributed by atoms with Gasteiger partial charge in [-0.15, -0.1) is 0 Å². The minimum absolute atomic E-state index is 0.0200. The average Bonchev–Trinajstić information content (AvgIpc) is 4.47. The third-order valence-electron chi connectivity index (χ3n) is 14.5. The lowest BCUT2D eigenvalue weighted by Gasteiger charge is -2.24. The molecule has 4 aliphatic rings. The summed E-state index contributed by atoms with van der Waals surface area (Å²) in [7, 11) is 0. The molecule has 4 fully saturated rings. The number of likely N-dealkylation sites (tertiary alicyclic amines) is 2. The zero-order valence-corrected chi connectivity index (χ0v) is 45.5. The van der Waals surface area contributed by atoms with Crippen LogP contribution in [0.25, 0.3) is 21.8 Å². The molecule has 17 nitrogen and oxygen atoms in total. The number of pyridine rings is 2. The fourth-order valence-electron chi connectivity index (χ4n) is 10.3. The van der Waals surface area contributed by atoms with Gasteiger partial charge in [0.2, 0.25) is 22.5 Å². The Morgan fingerprint density at radius 2 is 1.04 bits per heavy atom. The Hall–Kier alpha value is -7.94. The number of nitrogens with zero attached hydrogens (tertiary/aromatic N) is 4. The number of phenolic OH excluding ortho intramolecular Hbond substituents is 1. The minimum atomic E-state index is -1.41. The number of hydrogen-bond acceptors (Lipinski definition) is 13. The number of fused-ring (bicyclic) bond motifs is 2. The largest absolute Gasteiger partial charge is 0.503 e. The van der Waals surface area contributed by atoms with E-state index in [1.165, 1.54) is 17.0 Å². The van der Waals surface area contributed by atoms with E-state index >= 15 is 4.39 Å². The van der Waals surface area contributed by atoms with E-state index in [2.05, 4.69) is 6.92 Å². The van der Waals surface area contributed by atoms with E-state index in [4.69, 9.17) is 28.8 Å². The summed E-state index contributed by atoms with van der Waals surface area (Å²) in [5, 5.41) is 18.5. The normalized spacial score (nSPS) is 18.4. The number of halogens is 4. The van der Waals surface area contributed by atoms with Crippen molar-refractivity contribution in [2.45, 2.75) is 116 Å². The van der Waals surface area contributed by atoms with E-state index in [1.807, 2.05) is 67.6 Å². The molecule has 81 heavy (non-hydrogen) atoms. The van der Waals surface area contributed by atoms with Crippen LogP contribution in [-0.4, -0.2) is 105 Å². The molecule has 0 unspecified atom stereocenters. The highest BCUT2D eigenvalue weighted by Crippen LogP contribution is 2.42. The van der Waals surface area contributed by atoms with Crippen LogP contribution in [0.2, 0.25) is 0 Å². The highest BCUT2D eigenvalue weighted by Gasteiger charge is 2.37. The topological polar surface area (TPSA) is 205 Å². The maximum atomic E-state index is 15.1. The van der Waals surface area contributed by atoms with E-state index in [-0.39, 0.29) is 108 Å². The van der Waals surface area contributed by atoms with Gasteiger partial charge >= 0.3 is 24.1 Å². The van der Waals surface area contributed by atoms with E-state index in [0.717, 1.165) is 55.8 Å². The summed E-state index contributed by atoms with van der Waals surface area (Å²) < 4.78 is 86.6. The SMILES string of the molecule is CCOC(=O)c1cn(C2CC2)c2c(O)c(F)c(F)cc2c1=O.CCOC(=O)c1cn(C2CC2)c2c(OCC[C@H]3C[C@@H](C)CN3C(=O)OCc3ccccc3)c(F)c(F)cc2c1=O.C[C@@H]1C[C@H](CCO)N(C(=O)OCc2ccccc2)C1. The fraction of sp³-hybridized carbons (Fsp3) is 0.433. The summed E-state index contributed by atoms with van der Waals surface area (Å²) in [6, 6.07) is 20.3. The number of esters is 2. The maximum Gasteiger partial charge on any atom is 0.410 e. The molecular weight excluding hydrogens is 1060 g/mol. The van der Waals surface area contributed by atoms with E-state index in [9.17, 15) is 47.0 Å². The number of aromatic hydroxyl groups is 1. The van der Waals surface area contributed by atoms with Crippen molar-refractivity contribution < 1.29 is 70.6 Å². The highest BCUT2D eigenvalue weighted by molar-refractivity contribution is 5.96. The minimum Gasteiger partial charge on any atom is -0.503 e. The molecule has 4 heterocycles. The molecule has 0 radical (unpaired) electrons. The Kier molecular flexibility index (Phi) is 19.4. The summed E-state index contributed by atoms with van der Waals surface area (Å²) >= 11 is 0. The Balaban J connectivity index is 0.000000176. The smallest absolute Gasteiger partial charge is 0.410 e. The van der Waals surface area contributed by atoms with E-state index < -0.39 is 57.9 Å². The van der Waals surface area contributed by atoms with E-state index in [0.29, 0.717) is 44.4 Å². The fourth-order valence-corrected chi connectivity index (χ4v) is 10.3. The molecule has 432 valence electrons. The van der Waals surface area contributed by atoms with Gasteiger partial charge in [0.1, 0.15) is 24.3 Å². The Morgan fingerprint density at radius 1 is 0.605 bits per heavy atom. The van der Waals surface area contributed by atoms with Crippen LogP contribution >= 0.6 is 0 Å². The Morgan fingerprint density at radius 3 is 1.48 bits per heavy atom. The first kappa shape index (κ1) is 59.2. The predicted octanol–water partition coefficient (Wildman–Crippen LogP) is 10.5. The average molecular weight is 1130 g/mol. The standard InChI is InChI=1S/C30H32F2N2O6.C15H13F2NO4.C15H21NO3/c1-3-38-29(36)23-16-33(20-9-10-20)26-22(27(23)35)14-24(31)25(32)28(26)39-12-11-21-13-18(2)15-34(21)30(37)40-17-19-7-5-4-6-8-19;1-2-22-15(21)9-6-18(7-3-4-7)12-8(13(9)19)5-10(16)11(17)14(12)20;1-12-9-14(7-8-17)16(10-12)15(18)19-11-13-5-3-2-4-6-13/h4-8,14,16,18,20-21H,3,9-13,15,17H2,1-2H3;5-7,20H,2-4H2,1H3;2-6,12,14,17H,7-11H2,1H3/t18-,21+;;12-,14+/m1.1/s1. The number of aliphatic hydroxyl groups is 1. The lowest BCUT2D eigenvalue weighted by Crippen LogP contribution is -2.37. The van der Waals surface area contributed by atoms with Crippen LogP contribution in [0.1, 0.15) is 123 Å². The van der Waals surface area contributed by atoms with Crippen LogP contribution in [0.5, 0.6) is 11.5 Å². The Labute approximate surface area is 464 Å². The molecule has 10 rings (SSSR count). The number of aromatic nitrogens is 2. The lowest BCUT2D eigenvalue weighted by atomic mass is 10.1. The second-order valence-corrected chi connectivity index (χ2v) is 20.8.